The number of nitrogens with one attached hydrogen (secondary N) is 2. The highest BCUT2D eigenvalue weighted by molar-refractivity contribution is 5.92. The maximum Gasteiger partial charge on any atom is 0.221 e. The van der Waals surface area contributed by atoms with Gasteiger partial charge in [0.15, 0.2) is 0 Å². The van der Waals surface area contributed by atoms with Gasteiger partial charge in [-0.2, -0.15) is 0 Å². The minimum Gasteiger partial charge on any atom is -0.399 e. The number of carbonyl (C=O) groups excluding carboxylic acids is 1. The molecule has 100 valence electrons. The van der Waals surface area contributed by atoms with Crippen LogP contribution < -0.4 is 16.4 Å². The van der Waals surface area contributed by atoms with Gasteiger partial charge in [-0.3, -0.25) is 9.78 Å². The van der Waals surface area contributed by atoms with E-state index in [1.54, 1.807) is 6.20 Å². The molecule has 1 amide bonds. The third kappa shape index (κ3) is 3.34. The summed E-state index contributed by atoms with van der Waals surface area (Å²) < 4.78 is 0. The summed E-state index contributed by atoms with van der Waals surface area (Å²) in [5.74, 6) is 0.0533. The SMILES string of the molecule is CCNC(=O)CCNc1ccnc2cc(N)ccc12. The lowest BCUT2D eigenvalue weighted by Gasteiger charge is -2.09. The molecule has 0 saturated heterocycles. The topological polar surface area (TPSA) is 80.0 Å². The highest BCUT2D eigenvalue weighted by Crippen LogP contribution is 2.23. The number of carbonyl (C=O) groups is 1. The highest BCUT2D eigenvalue weighted by Gasteiger charge is 2.03. The molecule has 0 aliphatic carbocycles. The molecule has 4 N–H and O–H groups in total. The van der Waals surface area contributed by atoms with Crippen LogP contribution in [0.1, 0.15) is 13.3 Å². The number of amides is 1. The van der Waals surface area contributed by atoms with Crippen molar-refractivity contribution in [2.75, 3.05) is 24.1 Å². The predicted molar refractivity (Wildman–Crippen MR) is 77.9 cm³/mol. The first kappa shape index (κ1) is 13.1. The van der Waals surface area contributed by atoms with Crippen LogP contribution in [0.3, 0.4) is 0 Å². The summed E-state index contributed by atoms with van der Waals surface area (Å²) in [7, 11) is 0. The number of fused-ring (bicyclic) bond motifs is 1. The molecule has 1 aromatic heterocycles. The molecule has 0 atom stereocenters. The standard InChI is InChI=1S/C14H18N4O/c1-2-16-14(19)6-8-17-12-5-7-18-13-9-10(15)3-4-11(12)13/h3-5,7,9H,2,6,8,15H2,1H3,(H,16,19)(H,17,18). The Morgan fingerprint density at radius 1 is 1.37 bits per heavy atom. The summed E-state index contributed by atoms with van der Waals surface area (Å²) in [6.45, 7) is 3.16. The van der Waals surface area contributed by atoms with Crippen LogP contribution in [-0.2, 0) is 4.79 Å². The van der Waals surface area contributed by atoms with Crippen LogP contribution in [0.2, 0.25) is 0 Å². The molecule has 1 aromatic carbocycles. The number of rotatable bonds is 5. The van der Waals surface area contributed by atoms with Crippen LogP contribution in [-0.4, -0.2) is 24.0 Å². The summed E-state index contributed by atoms with van der Waals surface area (Å²) >= 11 is 0. The summed E-state index contributed by atoms with van der Waals surface area (Å²) in [5.41, 5.74) is 8.24. The maximum absolute atomic E-state index is 11.4. The third-order valence-electron chi connectivity index (χ3n) is 2.81. The minimum absolute atomic E-state index is 0.0533. The van der Waals surface area contributed by atoms with Crippen molar-refractivity contribution < 1.29 is 4.79 Å². The molecule has 5 heteroatoms. The Balaban J connectivity index is 2.06. The van der Waals surface area contributed by atoms with Crippen molar-refractivity contribution in [1.29, 1.82) is 0 Å². The number of nitrogens with zero attached hydrogens (tertiary/aromatic N) is 1. The van der Waals surface area contributed by atoms with Crippen molar-refractivity contribution >= 4 is 28.2 Å². The van der Waals surface area contributed by atoms with Crippen molar-refractivity contribution in [2.24, 2.45) is 0 Å². The second-order valence-corrected chi connectivity index (χ2v) is 4.27. The second kappa shape index (κ2) is 6.04. The van der Waals surface area contributed by atoms with Crippen LogP contribution in [0.5, 0.6) is 0 Å². The van der Waals surface area contributed by atoms with Crippen molar-refractivity contribution in [3.8, 4) is 0 Å². The molecular formula is C14H18N4O. The van der Waals surface area contributed by atoms with E-state index in [4.69, 9.17) is 5.73 Å². The van der Waals surface area contributed by atoms with Crippen LogP contribution >= 0.6 is 0 Å². The number of hydrogen-bond acceptors (Lipinski definition) is 4. The van der Waals surface area contributed by atoms with E-state index in [0.29, 0.717) is 25.2 Å². The van der Waals surface area contributed by atoms with Gasteiger partial charge in [0.05, 0.1) is 5.52 Å². The maximum atomic E-state index is 11.4. The van der Waals surface area contributed by atoms with Crippen molar-refractivity contribution in [1.82, 2.24) is 10.3 Å². The van der Waals surface area contributed by atoms with Gasteiger partial charge in [-0.25, -0.2) is 0 Å². The Morgan fingerprint density at radius 3 is 3.00 bits per heavy atom. The van der Waals surface area contributed by atoms with Gasteiger partial charge in [-0.1, -0.05) is 0 Å². The number of aromatic nitrogens is 1. The normalized spacial score (nSPS) is 10.4. The molecule has 0 aliphatic heterocycles. The van der Waals surface area contributed by atoms with Gasteiger partial charge in [-0.05, 0) is 31.2 Å². The number of nitrogen functional groups attached to an aromatic ring is 1. The molecule has 1 heterocycles. The van der Waals surface area contributed by atoms with Gasteiger partial charge in [0.25, 0.3) is 0 Å². The molecule has 2 aromatic rings. The van der Waals surface area contributed by atoms with E-state index >= 15 is 0 Å². The Hall–Kier alpha value is -2.30. The summed E-state index contributed by atoms with van der Waals surface area (Å²) in [4.78, 5) is 15.6. The largest absolute Gasteiger partial charge is 0.399 e. The van der Waals surface area contributed by atoms with Crippen LogP contribution in [0.25, 0.3) is 10.9 Å². The molecule has 0 fully saturated rings. The Kier molecular flexibility index (Phi) is 4.18. The highest BCUT2D eigenvalue weighted by atomic mass is 16.1. The molecule has 0 saturated carbocycles. The third-order valence-corrected chi connectivity index (χ3v) is 2.81. The quantitative estimate of drug-likeness (QED) is 0.714. The Labute approximate surface area is 112 Å². The number of anilines is 2. The van der Waals surface area contributed by atoms with E-state index in [-0.39, 0.29) is 5.91 Å². The van der Waals surface area contributed by atoms with Crippen molar-refractivity contribution in [3.05, 3.63) is 30.5 Å². The molecule has 2 rings (SSSR count). The van der Waals surface area contributed by atoms with Gasteiger partial charge < -0.3 is 16.4 Å². The molecule has 0 aliphatic rings. The molecule has 0 spiro atoms. The lowest BCUT2D eigenvalue weighted by atomic mass is 10.1. The fourth-order valence-corrected chi connectivity index (χ4v) is 1.92. The fourth-order valence-electron chi connectivity index (χ4n) is 1.92. The first-order valence-electron chi connectivity index (χ1n) is 6.35. The van der Waals surface area contributed by atoms with Crippen molar-refractivity contribution in [2.45, 2.75) is 13.3 Å². The minimum atomic E-state index is 0.0533. The molecule has 0 bridgehead atoms. The first-order chi connectivity index (χ1) is 9.20. The number of pyridine rings is 1. The van der Waals surface area contributed by atoms with Gasteiger partial charge in [-0.15, -0.1) is 0 Å². The van der Waals surface area contributed by atoms with Gasteiger partial charge >= 0.3 is 0 Å². The van der Waals surface area contributed by atoms with Crippen LogP contribution in [0.15, 0.2) is 30.5 Å². The van der Waals surface area contributed by atoms with E-state index in [1.807, 2.05) is 31.2 Å². The van der Waals surface area contributed by atoms with Crippen molar-refractivity contribution in [3.63, 3.8) is 0 Å². The summed E-state index contributed by atoms with van der Waals surface area (Å²) in [6, 6.07) is 7.52. The first-order valence-corrected chi connectivity index (χ1v) is 6.35. The van der Waals surface area contributed by atoms with E-state index in [0.717, 1.165) is 16.6 Å². The Morgan fingerprint density at radius 2 is 2.21 bits per heavy atom. The smallest absolute Gasteiger partial charge is 0.221 e. The molecule has 5 nitrogen and oxygen atoms in total. The summed E-state index contributed by atoms with van der Waals surface area (Å²) in [6.07, 6.45) is 2.18. The zero-order valence-corrected chi connectivity index (χ0v) is 10.9. The van der Waals surface area contributed by atoms with Crippen LogP contribution in [0.4, 0.5) is 11.4 Å². The van der Waals surface area contributed by atoms with Gasteiger partial charge in [0, 0.05) is 42.5 Å². The molecular weight excluding hydrogens is 240 g/mol. The zero-order chi connectivity index (χ0) is 13.7. The van der Waals surface area contributed by atoms with Crippen LogP contribution in [0, 0.1) is 0 Å². The summed E-state index contributed by atoms with van der Waals surface area (Å²) in [5, 5.41) is 7.03. The molecule has 0 radical (unpaired) electrons. The number of benzene rings is 1. The number of nitrogens with two attached hydrogens (primary N) is 1. The van der Waals surface area contributed by atoms with Gasteiger partial charge in [0.1, 0.15) is 0 Å². The second-order valence-electron chi connectivity index (χ2n) is 4.27. The van der Waals surface area contributed by atoms with E-state index < -0.39 is 0 Å². The van der Waals surface area contributed by atoms with E-state index in [9.17, 15) is 4.79 Å². The molecule has 19 heavy (non-hydrogen) atoms. The molecule has 0 unspecified atom stereocenters. The zero-order valence-electron chi connectivity index (χ0n) is 10.9. The lowest BCUT2D eigenvalue weighted by molar-refractivity contribution is -0.120. The lowest BCUT2D eigenvalue weighted by Crippen LogP contribution is -2.24. The van der Waals surface area contributed by atoms with E-state index in [1.165, 1.54) is 0 Å². The average molecular weight is 258 g/mol. The predicted octanol–water partition coefficient (Wildman–Crippen LogP) is 1.76. The Bertz CT molecular complexity index is 583. The van der Waals surface area contributed by atoms with E-state index in [2.05, 4.69) is 15.6 Å². The van der Waals surface area contributed by atoms with Gasteiger partial charge in [0.2, 0.25) is 5.91 Å². The fraction of sp³-hybridized carbons (Fsp3) is 0.286. The number of hydrogen-bond donors (Lipinski definition) is 3. The average Bonchev–Trinajstić information content (AvgIpc) is 2.39. The monoisotopic (exact) mass is 258 g/mol.